The molecule has 0 spiro atoms. The van der Waals surface area contributed by atoms with Gasteiger partial charge >= 0.3 is 5.97 Å². The summed E-state index contributed by atoms with van der Waals surface area (Å²) in [7, 11) is 0. The summed E-state index contributed by atoms with van der Waals surface area (Å²) in [4.78, 5) is 29.4. The van der Waals surface area contributed by atoms with Gasteiger partial charge in [-0.2, -0.15) is 0 Å². The molecule has 1 aliphatic rings. The van der Waals surface area contributed by atoms with E-state index in [0.717, 1.165) is 5.56 Å². The molecule has 7 heteroatoms. The van der Waals surface area contributed by atoms with Crippen molar-refractivity contribution in [3.05, 3.63) is 59.8 Å². The normalized spacial score (nSPS) is 17.1. The number of nitrogens with zero attached hydrogens (tertiary/aromatic N) is 2. The van der Waals surface area contributed by atoms with Crippen molar-refractivity contribution in [1.82, 2.24) is 9.88 Å². The Labute approximate surface area is 144 Å². The Bertz CT molecular complexity index is 750. The fourth-order valence-electron chi connectivity index (χ4n) is 2.57. The number of aromatic nitrogens is 1. The lowest BCUT2D eigenvalue weighted by molar-refractivity contribution is -0.147. The van der Waals surface area contributed by atoms with E-state index < -0.39 is 12.0 Å². The molecule has 1 aliphatic heterocycles. The van der Waals surface area contributed by atoms with Crippen LogP contribution in [0, 0.1) is 0 Å². The van der Waals surface area contributed by atoms with Gasteiger partial charge in [0.2, 0.25) is 5.88 Å². The first kappa shape index (κ1) is 16.9. The van der Waals surface area contributed by atoms with Gasteiger partial charge in [0.25, 0.3) is 5.91 Å². The minimum absolute atomic E-state index is 0.0104. The zero-order valence-corrected chi connectivity index (χ0v) is 13.5. The summed E-state index contributed by atoms with van der Waals surface area (Å²) in [5.74, 6) is -1.14. The molecule has 0 saturated carbocycles. The molecule has 130 valence electrons. The number of amides is 1. The number of carboxylic acids is 1. The number of ether oxygens (including phenoxy) is 2. The monoisotopic (exact) mass is 342 g/mol. The quantitative estimate of drug-likeness (QED) is 0.887. The van der Waals surface area contributed by atoms with Crippen LogP contribution in [-0.4, -0.2) is 52.7 Å². The number of benzene rings is 1. The molecule has 7 nitrogen and oxygen atoms in total. The number of aliphatic carboxylic acids is 1. The van der Waals surface area contributed by atoms with Crippen molar-refractivity contribution in [2.45, 2.75) is 12.6 Å². The molecule has 2 heterocycles. The fraction of sp³-hybridized carbons (Fsp3) is 0.278. The average molecular weight is 342 g/mol. The zero-order valence-electron chi connectivity index (χ0n) is 13.5. The van der Waals surface area contributed by atoms with Crippen molar-refractivity contribution >= 4 is 11.9 Å². The Hall–Kier alpha value is -2.93. The van der Waals surface area contributed by atoms with Crippen molar-refractivity contribution in [2.24, 2.45) is 0 Å². The zero-order chi connectivity index (χ0) is 17.6. The van der Waals surface area contributed by atoms with Gasteiger partial charge in [0.1, 0.15) is 6.61 Å². The Morgan fingerprint density at radius 1 is 1.28 bits per heavy atom. The van der Waals surface area contributed by atoms with Crippen molar-refractivity contribution in [3.8, 4) is 5.88 Å². The Morgan fingerprint density at radius 2 is 2.08 bits per heavy atom. The van der Waals surface area contributed by atoms with Gasteiger partial charge in [-0.15, -0.1) is 0 Å². The van der Waals surface area contributed by atoms with E-state index in [1.165, 1.54) is 17.2 Å². The third-order valence-electron chi connectivity index (χ3n) is 3.89. The summed E-state index contributed by atoms with van der Waals surface area (Å²) in [6.45, 7) is 0.876. The van der Waals surface area contributed by atoms with Crippen LogP contribution in [0.5, 0.6) is 5.88 Å². The van der Waals surface area contributed by atoms with Crippen LogP contribution >= 0.6 is 0 Å². The highest BCUT2D eigenvalue weighted by Gasteiger charge is 2.33. The number of hydrogen-bond acceptors (Lipinski definition) is 5. The maximum atomic E-state index is 12.7. The van der Waals surface area contributed by atoms with E-state index >= 15 is 0 Å². The largest absolute Gasteiger partial charge is 0.480 e. The molecule has 1 aromatic carbocycles. The van der Waals surface area contributed by atoms with E-state index in [0.29, 0.717) is 24.7 Å². The van der Waals surface area contributed by atoms with Gasteiger partial charge in [0.15, 0.2) is 6.04 Å². The van der Waals surface area contributed by atoms with Gasteiger partial charge in [0, 0.05) is 24.4 Å². The van der Waals surface area contributed by atoms with Crippen LogP contribution in [0.15, 0.2) is 48.7 Å². The summed E-state index contributed by atoms with van der Waals surface area (Å²) in [6.07, 6.45) is 1.48. The molecule has 1 saturated heterocycles. The number of rotatable bonds is 5. The highest BCUT2D eigenvalue weighted by Crippen LogP contribution is 2.17. The number of carboxylic acid groups (broad SMARTS) is 1. The van der Waals surface area contributed by atoms with Crippen molar-refractivity contribution in [3.63, 3.8) is 0 Å². The van der Waals surface area contributed by atoms with Crippen LogP contribution < -0.4 is 4.74 Å². The highest BCUT2D eigenvalue weighted by molar-refractivity contribution is 5.97. The van der Waals surface area contributed by atoms with E-state index in [2.05, 4.69) is 4.98 Å². The van der Waals surface area contributed by atoms with Crippen LogP contribution in [0.3, 0.4) is 0 Å². The number of carbonyl (C=O) groups is 2. The number of hydrogen-bond donors (Lipinski definition) is 1. The predicted octanol–water partition coefficient (Wildman–Crippen LogP) is 1.59. The van der Waals surface area contributed by atoms with Gasteiger partial charge < -0.3 is 19.5 Å². The molecular weight excluding hydrogens is 324 g/mol. The second-order valence-electron chi connectivity index (χ2n) is 5.58. The summed E-state index contributed by atoms with van der Waals surface area (Å²) < 4.78 is 10.8. The molecule has 1 N–H and O–H groups in total. The maximum absolute atomic E-state index is 12.7. The predicted molar refractivity (Wildman–Crippen MR) is 88.3 cm³/mol. The van der Waals surface area contributed by atoms with Crippen molar-refractivity contribution in [1.29, 1.82) is 0 Å². The molecule has 2 aromatic rings. The van der Waals surface area contributed by atoms with Crippen LogP contribution in [0.25, 0.3) is 0 Å². The lowest BCUT2D eigenvalue weighted by Crippen LogP contribution is -2.52. The van der Waals surface area contributed by atoms with E-state index in [1.807, 2.05) is 30.3 Å². The smallest absolute Gasteiger partial charge is 0.328 e. The van der Waals surface area contributed by atoms with Crippen molar-refractivity contribution < 1.29 is 24.2 Å². The minimum atomic E-state index is -1.08. The van der Waals surface area contributed by atoms with Crippen LogP contribution in [0.2, 0.25) is 0 Å². The molecule has 1 unspecified atom stereocenters. The Morgan fingerprint density at radius 3 is 2.84 bits per heavy atom. The molecular formula is C18H18N2O5. The second-order valence-corrected chi connectivity index (χ2v) is 5.58. The van der Waals surface area contributed by atoms with Crippen LogP contribution in [0.4, 0.5) is 0 Å². The van der Waals surface area contributed by atoms with Gasteiger partial charge in [0.05, 0.1) is 13.2 Å². The lowest BCUT2D eigenvalue weighted by atomic mass is 10.1. The van der Waals surface area contributed by atoms with E-state index in [-0.39, 0.29) is 19.1 Å². The second kappa shape index (κ2) is 7.76. The average Bonchev–Trinajstić information content (AvgIpc) is 2.67. The number of pyridine rings is 1. The first-order valence-electron chi connectivity index (χ1n) is 7.89. The molecule has 0 radical (unpaired) electrons. The third kappa shape index (κ3) is 4.13. The molecule has 25 heavy (non-hydrogen) atoms. The minimum Gasteiger partial charge on any atom is -0.480 e. The molecule has 3 rings (SSSR count). The topological polar surface area (TPSA) is 89.0 Å². The van der Waals surface area contributed by atoms with Crippen LogP contribution in [0.1, 0.15) is 15.9 Å². The van der Waals surface area contributed by atoms with E-state index in [1.54, 1.807) is 6.07 Å². The van der Waals surface area contributed by atoms with Crippen molar-refractivity contribution in [2.75, 3.05) is 19.8 Å². The Kier molecular flexibility index (Phi) is 5.25. The van der Waals surface area contributed by atoms with Gasteiger partial charge in [-0.05, 0) is 11.6 Å². The molecule has 0 aliphatic carbocycles. The van der Waals surface area contributed by atoms with Gasteiger partial charge in [-0.3, -0.25) is 4.79 Å². The SMILES string of the molecule is O=C(O)C1COCCN1C(=O)c1ccnc(OCc2ccccc2)c1. The molecule has 1 fully saturated rings. The summed E-state index contributed by atoms with van der Waals surface area (Å²) in [5.41, 5.74) is 1.33. The summed E-state index contributed by atoms with van der Waals surface area (Å²) in [5, 5.41) is 9.26. The summed E-state index contributed by atoms with van der Waals surface area (Å²) >= 11 is 0. The van der Waals surface area contributed by atoms with Gasteiger partial charge in [-0.25, -0.2) is 9.78 Å². The molecule has 1 atom stereocenters. The third-order valence-corrected chi connectivity index (χ3v) is 3.89. The number of morpholine rings is 1. The van der Waals surface area contributed by atoms with Crippen LogP contribution in [-0.2, 0) is 16.1 Å². The molecule has 1 aromatic heterocycles. The fourth-order valence-corrected chi connectivity index (χ4v) is 2.57. The highest BCUT2D eigenvalue weighted by atomic mass is 16.5. The number of carbonyl (C=O) groups excluding carboxylic acids is 1. The molecule has 1 amide bonds. The first-order chi connectivity index (χ1) is 12.1. The maximum Gasteiger partial charge on any atom is 0.328 e. The standard InChI is InChI=1S/C18H18N2O5/c21-17(20-8-9-24-12-15(20)18(22)23)14-6-7-19-16(10-14)25-11-13-4-2-1-3-5-13/h1-7,10,15H,8-9,11-12H2,(H,22,23). The van der Waals surface area contributed by atoms with Gasteiger partial charge in [-0.1, -0.05) is 30.3 Å². The Balaban J connectivity index is 1.71. The molecule has 0 bridgehead atoms. The first-order valence-corrected chi connectivity index (χ1v) is 7.89. The van der Waals surface area contributed by atoms with E-state index in [9.17, 15) is 14.7 Å². The summed E-state index contributed by atoms with van der Waals surface area (Å²) in [6, 6.07) is 11.7. The lowest BCUT2D eigenvalue weighted by Gasteiger charge is -2.32. The van der Waals surface area contributed by atoms with E-state index in [4.69, 9.17) is 9.47 Å².